The molecule has 1 rings (SSSR count). The standard InChI is InChI=1S/C15H22O4S/c1-15(2,3)20(18,19)10-9-13(14(16)17)11-12-7-5-4-6-8-12/h4-8,13H,9-11H2,1-3H3,(H,16,17). The summed E-state index contributed by atoms with van der Waals surface area (Å²) in [5.74, 6) is -1.71. The van der Waals surface area contributed by atoms with E-state index in [9.17, 15) is 18.3 Å². The molecule has 0 radical (unpaired) electrons. The minimum absolute atomic E-state index is 0.0969. The quantitative estimate of drug-likeness (QED) is 0.876. The van der Waals surface area contributed by atoms with Crippen molar-refractivity contribution in [1.82, 2.24) is 0 Å². The maximum Gasteiger partial charge on any atom is 0.306 e. The molecule has 112 valence electrons. The topological polar surface area (TPSA) is 71.4 Å². The van der Waals surface area contributed by atoms with Crippen molar-refractivity contribution in [3.63, 3.8) is 0 Å². The third kappa shape index (κ3) is 4.63. The third-order valence-corrected chi connectivity index (χ3v) is 5.98. The Bertz CT molecular complexity index is 541. The highest BCUT2D eigenvalue weighted by Gasteiger charge is 2.30. The van der Waals surface area contributed by atoms with Crippen LogP contribution in [0.5, 0.6) is 0 Å². The van der Waals surface area contributed by atoms with Gasteiger partial charge in [0.2, 0.25) is 0 Å². The lowest BCUT2D eigenvalue weighted by Crippen LogP contribution is -2.32. The van der Waals surface area contributed by atoms with Crippen LogP contribution in [0.3, 0.4) is 0 Å². The molecule has 0 aliphatic carbocycles. The van der Waals surface area contributed by atoms with Crippen LogP contribution in [0.25, 0.3) is 0 Å². The molecule has 1 unspecified atom stereocenters. The van der Waals surface area contributed by atoms with Gasteiger partial charge in [-0.15, -0.1) is 0 Å². The highest BCUT2D eigenvalue weighted by molar-refractivity contribution is 7.92. The third-order valence-electron chi connectivity index (χ3n) is 3.34. The number of hydrogen-bond donors (Lipinski definition) is 1. The minimum atomic E-state index is -3.28. The van der Waals surface area contributed by atoms with E-state index in [1.54, 1.807) is 20.8 Å². The van der Waals surface area contributed by atoms with Crippen LogP contribution in [-0.4, -0.2) is 30.0 Å². The zero-order valence-electron chi connectivity index (χ0n) is 12.2. The van der Waals surface area contributed by atoms with Crippen LogP contribution >= 0.6 is 0 Å². The summed E-state index contributed by atoms with van der Waals surface area (Å²) in [4.78, 5) is 11.3. The van der Waals surface area contributed by atoms with Gasteiger partial charge in [0, 0.05) is 0 Å². The Morgan fingerprint density at radius 3 is 2.20 bits per heavy atom. The number of benzene rings is 1. The number of carboxylic acids is 1. The van der Waals surface area contributed by atoms with Gasteiger partial charge in [-0.3, -0.25) is 4.79 Å². The molecule has 0 bridgehead atoms. The molecule has 5 heteroatoms. The maximum atomic E-state index is 12.0. The Kier molecular flexibility index (Phi) is 5.34. The number of rotatable bonds is 6. The van der Waals surface area contributed by atoms with E-state index in [0.29, 0.717) is 6.42 Å². The molecule has 4 nitrogen and oxygen atoms in total. The predicted molar refractivity (Wildman–Crippen MR) is 79.4 cm³/mol. The highest BCUT2D eigenvalue weighted by Crippen LogP contribution is 2.20. The molecule has 0 aromatic heterocycles. The van der Waals surface area contributed by atoms with E-state index in [1.165, 1.54) is 0 Å². The average Bonchev–Trinajstić information content (AvgIpc) is 2.34. The second kappa shape index (κ2) is 6.39. The second-order valence-corrected chi connectivity index (χ2v) is 8.81. The number of sulfone groups is 1. The van der Waals surface area contributed by atoms with Crippen LogP contribution in [0.2, 0.25) is 0 Å². The van der Waals surface area contributed by atoms with Gasteiger partial charge in [-0.2, -0.15) is 0 Å². The summed E-state index contributed by atoms with van der Waals surface area (Å²) in [7, 11) is -3.28. The largest absolute Gasteiger partial charge is 0.481 e. The van der Waals surface area contributed by atoms with E-state index >= 15 is 0 Å². The molecule has 0 saturated heterocycles. The summed E-state index contributed by atoms with van der Waals surface area (Å²) in [6.07, 6.45) is 0.500. The van der Waals surface area contributed by atoms with Crippen molar-refractivity contribution in [1.29, 1.82) is 0 Å². The Morgan fingerprint density at radius 2 is 1.75 bits per heavy atom. The second-order valence-electron chi connectivity index (χ2n) is 5.94. The predicted octanol–water partition coefficient (Wildman–Crippen LogP) is 2.53. The fourth-order valence-electron chi connectivity index (χ4n) is 1.82. The van der Waals surface area contributed by atoms with E-state index in [2.05, 4.69) is 0 Å². The van der Waals surface area contributed by atoms with Gasteiger partial charge in [-0.05, 0) is 39.2 Å². The zero-order chi connectivity index (χ0) is 15.4. The molecule has 0 heterocycles. The first-order valence-corrected chi connectivity index (χ1v) is 8.28. The summed E-state index contributed by atoms with van der Waals surface area (Å²) in [5, 5.41) is 9.24. The van der Waals surface area contributed by atoms with Gasteiger partial charge in [-0.25, -0.2) is 8.42 Å². The lowest BCUT2D eigenvalue weighted by Gasteiger charge is -2.20. The first kappa shape index (κ1) is 16.7. The monoisotopic (exact) mass is 298 g/mol. The van der Waals surface area contributed by atoms with Gasteiger partial charge in [0.25, 0.3) is 0 Å². The van der Waals surface area contributed by atoms with Crippen molar-refractivity contribution < 1.29 is 18.3 Å². The van der Waals surface area contributed by atoms with Gasteiger partial charge >= 0.3 is 5.97 Å². The van der Waals surface area contributed by atoms with Crippen LogP contribution < -0.4 is 0 Å². The molecule has 1 N–H and O–H groups in total. The number of carbonyl (C=O) groups is 1. The Balaban J connectivity index is 2.73. The van der Waals surface area contributed by atoms with Gasteiger partial charge in [0.05, 0.1) is 16.4 Å². The number of carboxylic acid groups (broad SMARTS) is 1. The lowest BCUT2D eigenvalue weighted by molar-refractivity contribution is -0.141. The van der Waals surface area contributed by atoms with E-state index in [1.807, 2.05) is 30.3 Å². The fourth-order valence-corrected chi connectivity index (χ4v) is 3.02. The maximum absolute atomic E-state index is 12.0. The SMILES string of the molecule is CC(C)(C)S(=O)(=O)CCC(Cc1ccccc1)C(=O)O. The summed E-state index contributed by atoms with van der Waals surface area (Å²) in [5.41, 5.74) is 0.910. The van der Waals surface area contributed by atoms with Crippen molar-refractivity contribution in [2.75, 3.05) is 5.75 Å². The van der Waals surface area contributed by atoms with Crippen molar-refractivity contribution in [3.8, 4) is 0 Å². The Labute approximate surface area is 120 Å². The van der Waals surface area contributed by atoms with Crippen molar-refractivity contribution in [2.45, 2.75) is 38.4 Å². The normalized spacial score (nSPS) is 13.9. The highest BCUT2D eigenvalue weighted by atomic mass is 32.2. The number of hydrogen-bond acceptors (Lipinski definition) is 3. The molecule has 0 amide bonds. The summed E-state index contributed by atoms with van der Waals surface area (Å²) in [6.45, 7) is 4.90. The molecule has 0 spiro atoms. The van der Waals surface area contributed by atoms with Crippen LogP contribution in [0.4, 0.5) is 0 Å². The molecule has 1 aromatic carbocycles. The van der Waals surface area contributed by atoms with Crippen LogP contribution in [-0.2, 0) is 21.1 Å². The molecular formula is C15H22O4S. The van der Waals surface area contributed by atoms with Crippen molar-refractivity contribution >= 4 is 15.8 Å². The summed E-state index contributed by atoms with van der Waals surface area (Å²) < 4.78 is 23.2. The zero-order valence-corrected chi connectivity index (χ0v) is 13.0. The summed E-state index contributed by atoms with van der Waals surface area (Å²) >= 11 is 0. The Morgan fingerprint density at radius 1 is 1.20 bits per heavy atom. The average molecular weight is 298 g/mol. The fraction of sp³-hybridized carbons (Fsp3) is 0.533. The molecule has 1 aromatic rings. The van der Waals surface area contributed by atoms with E-state index in [4.69, 9.17) is 0 Å². The smallest absolute Gasteiger partial charge is 0.306 e. The molecule has 1 atom stereocenters. The van der Waals surface area contributed by atoms with E-state index in [0.717, 1.165) is 5.56 Å². The number of aliphatic carboxylic acids is 1. The van der Waals surface area contributed by atoms with Gasteiger partial charge in [0.1, 0.15) is 0 Å². The van der Waals surface area contributed by atoms with Gasteiger partial charge in [-0.1, -0.05) is 30.3 Å². The van der Waals surface area contributed by atoms with Gasteiger partial charge < -0.3 is 5.11 Å². The van der Waals surface area contributed by atoms with E-state index < -0.39 is 26.5 Å². The molecule has 0 saturated carbocycles. The van der Waals surface area contributed by atoms with Crippen molar-refractivity contribution in [2.24, 2.45) is 5.92 Å². The molecule has 20 heavy (non-hydrogen) atoms. The molecule has 0 aliphatic rings. The first-order valence-electron chi connectivity index (χ1n) is 6.62. The lowest BCUT2D eigenvalue weighted by atomic mass is 9.97. The first-order chi connectivity index (χ1) is 9.13. The van der Waals surface area contributed by atoms with Gasteiger partial charge in [0.15, 0.2) is 9.84 Å². The van der Waals surface area contributed by atoms with Crippen molar-refractivity contribution in [3.05, 3.63) is 35.9 Å². The van der Waals surface area contributed by atoms with Crippen LogP contribution in [0.15, 0.2) is 30.3 Å². The van der Waals surface area contributed by atoms with Crippen LogP contribution in [0, 0.1) is 5.92 Å². The van der Waals surface area contributed by atoms with Crippen LogP contribution in [0.1, 0.15) is 32.8 Å². The molecule has 0 aliphatic heterocycles. The summed E-state index contributed by atoms with van der Waals surface area (Å²) in [6, 6.07) is 9.27. The minimum Gasteiger partial charge on any atom is -0.481 e. The molecule has 0 fully saturated rings. The molecular weight excluding hydrogens is 276 g/mol. The Hall–Kier alpha value is -1.36. The van der Waals surface area contributed by atoms with E-state index in [-0.39, 0.29) is 12.2 Å².